The Kier molecular flexibility index (Phi) is 10.7. The molecular formula is C62H48N4. The summed E-state index contributed by atoms with van der Waals surface area (Å²) in [7, 11) is 4.29. The number of anilines is 4. The third-order valence-electron chi connectivity index (χ3n) is 12.8. The highest BCUT2D eigenvalue weighted by molar-refractivity contribution is 6.11. The molecule has 0 fully saturated rings. The lowest BCUT2D eigenvalue weighted by Gasteiger charge is -2.23. The fourth-order valence-corrected chi connectivity index (χ4v) is 9.49. The summed E-state index contributed by atoms with van der Waals surface area (Å²) in [4.78, 5) is 4.55. The summed E-state index contributed by atoms with van der Waals surface area (Å²) in [5.74, 6) is 0. The summed E-state index contributed by atoms with van der Waals surface area (Å²) >= 11 is 0. The van der Waals surface area contributed by atoms with Crippen molar-refractivity contribution in [2.45, 2.75) is 0 Å². The zero-order chi connectivity index (χ0) is 44.4. The first kappa shape index (κ1) is 40.2. The Hall–Kier alpha value is -8.60. The van der Waals surface area contributed by atoms with E-state index in [1.165, 1.54) is 100.0 Å². The van der Waals surface area contributed by atoms with Crippen molar-refractivity contribution in [2.24, 2.45) is 0 Å². The number of fused-ring (bicyclic) bond motifs is 6. The van der Waals surface area contributed by atoms with Gasteiger partial charge in [-0.3, -0.25) is 0 Å². The van der Waals surface area contributed by atoms with Crippen LogP contribution in [0.3, 0.4) is 0 Å². The van der Waals surface area contributed by atoms with Gasteiger partial charge in [0.15, 0.2) is 0 Å². The second-order valence-electron chi connectivity index (χ2n) is 16.7. The van der Waals surface area contributed by atoms with Crippen LogP contribution in [0.1, 0.15) is 0 Å². The lowest BCUT2D eigenvalue weighted by atomic mass is 10.0. The van der Waals surface area contributed by atoms with Crippen molar-refractivity contribution in [3.63, 3.8) is 0 Å². The highest BCUT2D eigenvalue weighted by Gasteiger charge is 2.17. The van der Waals surface area contributed by atoms with Crippen LogP contribution in [0, 0.1) is 0 Å². The Labute approximate surface area is 386 Å². The second kappa shape index (κ2) is 17.5. The molecule has 2 aromatic heterocycles. The number of aromatic nitrogens is 2. The molecule has 66 heavy (non-hydrogen) atoms. The second-order valence-corrected chi connectivity index (χ2v) is 16.7. The third-order valence-corrected chi connectivity index (χ3v) is 12.8. The van der Waals surface area contributed by atoms with Crippen molar-refractivity contribution in [1.82, 2.24) is 9.13 Å². The smallest absolute Gasteiger partial charge is 0.0542 e. The zero-order valence-corrected chi connectivity index (χ0v) is 37.0. The Balaban J connectivity index is 0.000000146. The third kappa shape index (κ3) is 7.44. The highest BCUT2D eigenvalue weighted by Crippen LogP contribution is 2.39. The van der Waals surface area contributed by atoms with Gasteiger partial charge < -0.3 is 18.9 Å². The summed E-state index contributed by atoms with van der Waals surface area (Å²) in [5.41, 5.74) is 16.9. The summed E-state index contributed by atoms with van der Waals surface area (Å²) < 4.78 is 4.71. The minimum Gasteiger partial charge on any atom is -0.345 e. The van der Waals surface area contributed by atoms with E-state index in [-0.39, 0.29) is 0 Å². The van der Waals surface area contributed by atoms with Crippen molar-refractivity contribution in [1.29, 1.82) is 0 Å². The van der Waals surface area contributed by atoms with E-state index in [2.05, 4.69) is 288 Å². The Bertz CT molecular complexity index is 3610. The van der Waals surface area contributed by atoms with Gasteiger partial charge in [-0.2, -0.15) is 0 Å². The first-order valence-corrected chi connectivity index (χ1v) is 22.6. The van der Waals surface area contributed by atoms with Crippen LogP contribution < -0.4 is 9.80 Å². The molecule has 0 aliphatic heterocycles. The topological polar surface area (TPSA) is 16.3 Å². The molecule has 0 atom stereocenters. The molecule has 0 spiro atoms. The summed E-state index contributed by atoms with van der Waals surface area (Å²) in [5, 5.41) is 5.06. The van der Waals surface area contributed by atoms with Gasteiger partial charge in [0.25, 0.3) is 0 Å². The molecule has 316 valence electrons. The summed E-state index contributed by atoms with van der Waals surface area (Å²) in [6.07, 6.45) is 0. The fraction of sp³-hybridized carbons (Fsp3) is 0.0323. The number of para-hydroxylation sites is 5. The molecular weight excluding hydrogens is 801 g/mol. The van der Waals surface area contributed by atoms with Gasteiger partial charge in [0.1, 0.15) is 0 Å². The molecule has 12 rings (SSSR count). The minimum atomic E-state index is 1.17. The molecule has 0 aliphatic carbocycles. The Morgan fingerprint density at radius 2 is 0.682 bits per heavy atom. The van der Waals surface area contributed by atoms with Gasteiger partial charge in [0.05, 0.1) is 22.1 Å². The van der Waals surface area contributed by atoms with Gasteiger partial charge in [0.2, 0.25) is 0 Å². The van der Waals surface area contributed by atoms with E-state index in [1.54, 1.807) is 0 Å². The summed E-state index contributed by atoms with van der Waals surface area (Å²) in [6, 6.07) is 90.5. The zero-order valence-electron chi connectivity index (χ0n) is 37.0. The van der Waals surface area contributed by atoms with Gasteiger partial charge in [-0.15, -0.1) is 0 Å². The molecule has 4 heteroatoms. The molecule has 0 saturated heterocycles. The quantitative estimate of drug-likeness (QED) is 0.151. The monoisotopic (exact) mass is 848 g/mol. The predicted molar refractivity (Wildman–Crippen MR) is 281 cm³/mol. The van der Waals surface area contributed by atoms with Gasteiger partial charge in [-0.1, -0.05) is 164 Å². The van der Waals surface area contributed by atoms with Crippen LogP contribution in [-0.4, -0.2) is 23.2 Å². The van der Waals surface area contributed by atoms with Crippen LogP contribution in [-0.2, 0) is 0 Å². The van der Waals surface area contributed by atoms with E-state index in [1.807, 2.05) is 0 Å². The number of rotatable bonds is 8. The lowest BCUT2D eigenvalue weighted by Crippen LogP contribution is -2.10. The molecule has 0 N–H and O–H groups in total. The molecule has 0 radical (unpaired) electrons. The Morgan fingerprint density at radius 3 is 1.24 bits per heavy atom. The SMILES string of the molecule is CN(c1ccc2c(c1)c1ccccc1n2-c1ccccc1)c1ccccc1-c1ccccc1.CN(c1cccc(-c2ccccc2)c1)c1ccc2c(c1)c1ccccc1n2-c1ccccc1. The van der Waals surface area contributed by atoms with E-state index < -0.39 is 0 Å². The van der Waals surface area contributed by atoms with Crippen LogP contribution in [0.4, 0.5) is 22.7 Å². The summed E-state index contributed by atoms with van der Waals surface area (Å²) in [6.45, 7) is 0. The molecule has 0 aliphatic rings. The van der Waals surface area contributed by atoms with Crippen LogP contribution >= 0.6 is 0 Å². The average molecular weight is 849 g/mol. The van der Waals surface area contributed by atoms with Crippen LogP contribution in [0.2, 0.25) is 0 Å². The first-order valence-electron chi connectivity index (χ1n) is 22.6. The molecule has 10 aromatic carbocycles. The van der Waals surface area contributed by atoms with Crippen molar-refractivity contribution >= 4 is 66.4 Å². The van der Waals surface area contributed by atoms with Crippen LogP contribution in [0.25, 0.3) is 77.2 Å². The van der Waals surface area contributed by atoms with Crippen molar-refractivity contribution in [2.75, 3.05) is 23.9 Å². The van der Waals surface area contributed by atoms with Crippen LogP contribution in [0.5, 0.6) is 0 Å². The standard InChI is InChI=1S/2C31H24N2/c1-32(29-18-10-8-16-26(29)23-12-4-2-5-13-23)25-20-21-31-28(22-25)27-17-9-11-19-30(27)33(31)24-14-6-3-7-15-24;1-32(26-16-10-13-24(21-26)23-11-4-2-5-12-23)27-19-20-31-29(22-27)28-17-8-9-18-30(28)33(31)25-14-6-3-7-15-25/h2*2-22H,1H3. The molecule has 12 aromatic rings. The van der Waals surface area contributed by atoms with Gasteiger partial charge in [0, 0.05) is 75.3 Å². The maximum absolute atomic E-state index is 2.35. The van der Waals surface area contributed by atoms with E-state index >= 15 is 0 Å². The van der Waals surface area contributed by atoms with Crippen LogP contribution in [0.15, 0.2) is 255 Å². The predicted octanol–water partition coefficient (Wildman–Crippen LogP) is 16.4. The van der Waals surface area contributed by atoms with E-state index in [9.17, 15) is 0 Å². The first-order chi connectivity index (χ1) is 32.6. The molecule has 0 amide bonds. The van der Waals surface area contributed by atoms with Crippen molar-refractivity contribution in [3.8, 4) is 33.6 Å². The van der Waals surface area contributed by atoms with E-state index in [4.69, 9.17) is 0 Å². The average Bonchev–Trinajstić information content (AvgIpc) is 3.92. The number of hydrogen-bond acceptors (Lipinski definition) is 2. The van der Waals surface area contributed by atoms with Gasteiger partial charge in [-0.05, 0) is 108 Å². The number of benzene rings is 10. The van der Waals surface area contributed by atoms with Crippen molar-refractivity contribution in [3.05, 3.63) is 255 Å². The lowest BCUT2D eigenvalue weighted by molar-refractivity contribution is 1.17. The number of nitrogens with zero attached hydrogens (tertiary/aromatic N) is 4. The molecule has 2 heterocycles. The number of hydrogen-bond donors (Lipinski definition) is 0. The highest BCUT2D eigenvalue weighted by atomic mass is 15.1. The minimum absolute atomic E-state index is 1.17. The maximum Gasteiger partial charge on any atom is 0.0542 e. The molecule has 0 bridgehead atoms. The van der Waals surface area contributed by atoms with E-state index in [0.717, 1.165) is 0 Å². The molecule has 4 nitrogen and oxygen atoms in total. The van der Waals surface area contributed by atoms with E-state index in [0.29, 0.717) is 0 Å². The molecule has 0 unspecified atom stereocenters. The maximum atomic E-state index is 2.35. The normalized spacial score (nSPS) is 11.2. The van der Waals surface area contributed by atoms with Crippen molar-refractivity contribution < 1.29 is 0 Å². The Morgan fingerprint density at radius 1 is 0.273 bits per heavy atom. The molecule has 0 saturated carbocycles. The largest absolute Gasteiger partial charge is 0.345 e. The fourth-order valence-electron chi connectivity index (χ4n) is 9.49. The van der Waals surface area contributed by atoms with Gasteiger partial charge >= 0.3 is 0 Å². The van der Waals surface area contributed by atoms with Gasteiger partial charge in [-0.25, -0.2) is 0 Å².